The highest BCUT2D eigenvalue weighted by Crippen LogP contribution is 2.10. The quantitative estimate of drug-likeness (QED) is 0.606. The molecule has 2 heterocycles. The number of hydrogen-bond acceptors (Lipinski definition) is 5. The maximum atomic E-state index is 5.70. The molecule has 2 aromatic heterocycles. The Bertz CT molecular complexity index is 480. The van der Waals surface area contributed by atoms with Crippen molar-refractivity contribution < 1.29 is 0 Å². The van der Waals surface area contributed by atoms with Crippen molar-refractivity contribution in [1.29, 1.82) is 0 Å². The summed E-state index contributed by atoms with van der Waals surface area (Å²) in [5.41, 5.74) is 6.89. The van der Waals surface area contributed by atoms with Crippen LogP contribution in [0.5, 0.6) is 0 Å². The molecule has 1 atom stereocenters. The first-order valence-corrected chi connectivity index (χ1v) is 6.41. The first-order valence-electron chi connectivity index (χ1n) is 6.41. The highest BCUT2D eigenvalue weighted by atomic mass is 15.1. The fourth-order valence-electron chi connectivity index (χ4n) is 1.64. The molecule has 0 aliphatic rings. The summed E-state index contributed by atoms with van der Waals surface area (Å²) in [7, 11) is 0. The standard InChI is InChI=1S/C13H20N6/c1-10(14)2-5-16-12-6-13(19-9-18-12)17-8-11-3-4-15-7-11/h3-4,6-7,9-10,15H,2,5,8,14H2,1H3,(H2,16,17,18,19). The van der Waals surface area contributed by atoms with Gasteiger partial charge in [0, 0.05) is 37.6 Å². The van der Waals surface area contributed by atoms with Crippen LogP contribution >= 0.6 is 0 Å². The van der Waals surface area contributed by atoms with Crippen molar-refractivity contribution >= 4 is 11.6 Å². The van der Waals surface area contributed by atoms with Crippen molar-refractivity contribution in [3.8, 4) is 0 Å². The lowest BCUT2D eigenvalue weighted by atomic mass is 10.2. The lowest BCUT2D eigenvalue weighted by molar-refractivity contribution is 0.689. The first-order chi connectivity index (χ1) is 9.24. The molecule has 0 bridgehead atoms. The van der Waals surface area contributed by atoms with Crippen molar-refractivity contribution in [1.82, 2.24) is 15.0 Å². The third kappa shape index (κ3) is 4.59. The Morgan fingerprint density at radius 1 is 1.32 bits per heavy atom. The highest BCUT2D eigenvalue weighted by molar-refractivity contribution is 5.46. The van der Waals surface area contributed by atoms with Gasteiger partial charge in [0.15, 0.2) is 0 Å². The molecule has 0 saturated carbocycles. The average Bonchev–Trinajstić information content (AvgIpc) is 2.89. The van der Waals surface area contributed by atoms with E-state index in [1.165, 1.54) is 5.56 Å². The average molecular weight is 260 g/mol. The Morgan fingerprint density at radius 3 is 2.79 bits per heavy atom. The van der Waals surface area contributed by atoms with Crippen molar-refractivity contribution in [3.05, 3.63) is 36.4 Å². The molecule has 0 aliphatic carbocycles. The summed E-state index contributed by atoms with van der Waals surface area (Å²) in [6.07, 6.45) is 6.32. The zero-order chi connectivity index (χ0) is 13.5. The molecule has 0 saturated heterocycles. The maximum Gasteiger partial charge on any atom is 0.131 e. The van der Waals surface area contributed by atoms with Crippen LogP contribution in [0.15, 0.2) is 30.9 Å². The van der Waals surface area contributed by atoms with Gasteiger partial charge in [-0.15, -0.1) is 0 Å². The molecule has 102 valence electrons. The molecule has 0 aromatic carbocycles. The largest absolute Gasteiger partial charge is 0.370 e. The van der Waals surface area contributed by atoms with Crippen molar-refractivity contribution in [2.24, 2.45) is 5.73 Å². The van der Waals surface area contributed by atoms with Gasteiger partial charge in [0.25, 0.3) is 0 Å². The van der Waals surface area contributed by atoms with E-state index in [2.05, 4.69) is 25.6 Å². The van der Waals surface area contributed by atoms with Gasteiger partial charge in [-0.2, -0.15) is 0 Å². The van der Waals surface area contributed by atoms with Gasteiger partial charge in [-0.25, -0.2) is 9.97 Å². The molecule has 19 heavy (non-hydrogen) atoms. The van der Waals surface area contributed by atoms with Crippen molar-refractivity contribution in [3.63, 3.8) is 0 Å². The molecule has 0 spiro atoms. The number of aromatic nitrogens is 3. The van der Waals surface area contributed by atoms with Gasteiger partial charge in [0.2, 0.25) is 0 Å². The number of aromatic amines is 1. The molecule has 0 fully saturated rings. The summed E-state index contributed by atoms with van der Waals surface area (Å²) < 4.78 is 0. The molecule has 0 amide bonds. The Balaban J connectivity index is 1.84. The minimum absolute atomic E-state index is 0.195. The Morgan fingerprint density at radius 2 is 2.11 bits per heavy atom. The molecule has 0 aliphatic heterocycles. The van der Waals surface area contributed by atoms with E-state index in [-0.39, 0.29) is 6.04 Å². The van der Waals surface area contributed by atoms with Crippen LogP contribution in [0.25, 0.3) is 0 Å². The number of anilines is 2. The smallest absolute Gasteiger partial charge is 0.131 e. The molecule has 6 heteroatoms. The van der Waals surface area contributed by atoms with Crippen LogP contribution in [-0.2, 0) is 6.54 Å². The van der Waals surface area contributed by atoms with Gasteiger partial charge >= 0.3 is 0 Å². The predicted molar refractivity (Wildman–Crippen MR) is 76.9 cm³/mol. The second-order valence-electron chi connectivity index (χ2n) is 4.55. The third-order valence-corrected chi connectivity index (χ3v) is 2.71. The van der Waals surface area contributed by atoms with E-state index in [0.717, 1.165) is 31.1 Å². The van der Waals surface area contributed by atoms with E-state index in [1.807, 2.05) is 31.5 Å². The lowest BCUT2D eigenvalue weighted by Gasteiger charge is -2.09. The molecule has 2 rings (SSSR count). The normalized spacial score (nSPS) is 12.1. The molecular formula is C13H20N6. The predicted octanol–water partition coefficient (Wildman–Crippen LogP) is 1.57. The second-order valence-corrected chi connectivity index (χ2v) is 4.55. The Hall–Kier alpha value is -2.08. The van der Waals surface area contributed by atoms with Crippen LogP contribution in [0.2, 0.25) is 0 Å². The fourth-order valence-corrected chi connectivity index (χ4v) is 1.64. The van der Waals surface area contributed by atoms with Crippen LogP contribution in [0.1, 0.15) is 18.9 Å². The summed E-state index contributed by atoms with van der Waals surface area (Å²) in [5.74, 6) is 1.62. The monoisotopic (exact) mass is 260 g/mol. The van der Waals surface area contributed by atoms with Crippen LogP contribution in [0.3, 0.4) is 0 Å². The number of nitrogens with zero attached hydrogens (tertiary/aromatic N) is 2. The zero-order valence-corrected chi connectivity index (χ0v) is 11.1. The van der Waals surface area contributed by atoms with Crippen molar-refractivity contribution in [2.75, 3.05) is 17.2 Å². The van der Waals surface area contributed by atoms with E-state index in [1.54, 1.807) is 6.33 Å². The van der Waals surface area contributed by atoms with E-state index >= 15 is 0 Å². The van der Waals surface area contributed by atoms with Gasteiger partial charge in [0.05, 0.1) is 0 Å². The minimum Gasteiger partial charge on any atom is -0.370 e. The first kappa shape index (κ1) is 13.4. The minimum atomic E-state index is 0.195. The summed E-state index contributed by atoms with van der Waals surface area (Å²) in [5, 5.41) is 6.48. The number of nitrogens with two attached hydrogens (primary N) is 1. The molecule has 5 N–H and O–H groups in total. The topological polar surface area (TPSA) is 91.7 Å². The highest BCUT2D eigenvalue weighted by Gasteiger charge is 2.00. The van der Waals surface area contributed by atoms with Gasteiger partial charge in [-0.3, -0.25) is 0 Å². The zero-order valence-electron chi connectivity index (χ0n) is 11.1. The van der Waals surface area contributed by atoms with Gasteiger partial charge in [-0.1, -0.05) is 0 Å². The van der Waals surface area contributed by atoms with Crippen molar-refractivity contribution in [2.45, 2.75) is 25.9 Å². The molecule has 6 nitrogen and oxygen atoms in total. The van der Waals surface area contributed by atoms with Crippen LogP contribution in [-0.4, -0.2) is 27.5 Å². The van der Waals surface area contributed by atoms with Gasteiger partial charge < -0.3 is 21.4 Å². The number of hydrogen-bond donors (Lipinski definition) is 4. The van der Waals surface area contributed by atoms with E-state index < -0.39 is 0 Å². The second kappa shape index (κ2) is 6.75. The lowest BCUT2D eigenvalue weighted by Crippen LogP contribution is -2.19. The summed E-state index contributed by atoms with van der Waals surface area (Å²) in [6, 6.07) is 4.12. The van der Waals surface area contributed by atoms with Gasteiger partial charge in [-0.05, 0) is 25.0 Å². The van der Waals surface area contributed by atoms with Crippen LogP contribution in [0.4, 0.5) is 11.6 Å². The third-order valence-electron chi connectivity index (χ3n) is 2.71. The number of H-pyrrole nitrogens is 1. The fraction of sp³-hybridized carbons (Fsp3) is 0.385. The number of nitrogens with one attached hydrogen (secondary N) is 3. The Kier molecular flexibility index (Phi) is 4.74. The summed E-state index contributed by atoms with van der Waals surface area (Å²) >= 11 is 0. The van der Waals surface area contributed by atoms with E-state index in [4.69, 9.17) is 5.73 Å². The SMILES string of the molecule is CC(N)CCNc1cc(NCc2cc[nH]c2)ncn1. The van der Waals surface area contributed by atoms with Crippen LogP contribution in [0, 0.1) is 0 Å². The summed E-state index contributed by atoms with van der Waals surface area (Å²) in [4.78, 5) is 11.4. The maximum absolute atomic E-state index is 5.70. The molecule has 2 aromatic rings. The molecular weight excluding hydrogens is 240 g/mol. The van der Waals surface area contributed by atoms with Gasteiger partial charge in [0.1, 0.15) is 18.0 Å². The molecule has 1 unspecified atom stereocenters. The van der Waals surface area contributed by atoms with Crippen LogP contribution < -0.4 is 16.4 Å². The van der Waals surface area contributed by atoms with E-state index in [9.17, 15) is 0 Å². The number of rotatable bonds is 7. The molecule has 0 radical (unpaired) electrons. The summed E-state index contributed by atoms with van der Waals surface area (Å²) in [6.45, 7) is 3.54. The Labute approximate surface area is 112 Å². The van der Waals surface area contributed by atoms with E-state index in [0.29, 0.717) is 0 Å².